The van der Waals surface area contributed by atoms with E-state index < -0.39 is 5.97 Å². The standard InChI is InChI=1S/C8H10N2O3/c1-5-3-10(12)4-6(9)7(5)8(11)13-2/h3-4H,1-2H3,(H2-,9,11,12)/p+1. The zero-order valence-electron chi connectivity index (χ0n) is 7.44. The molecule has 0 radical (unpaired) electrons. The third kappa shape index (κ3) is 1.69. The monoisotopic (exact) mass is 183 g/mol. The Labute approximate surface area is 75.3 Å². The van der Waals surface area contributed by atoms with Crippen molar-refractivity contribution in [3.63, 3.8) is 0 Å². The molecule has 0 aliphatic carbocycles. The number of nitrogens with two attached hydrogens (primary N) is 1. The van der Waals surface area contributed by atoms with E-state index in [9.17, 15) is 4.79 Å². The third-order valence-corrected chi connectivity index (χ3v) is 1.67. The van der Waals surface area contributed by atoms with Crippen LogP contribution in [0.25, 0.3) is 0 Å². The van der Waals surface area contributed by atoms with Crippen LogP contribution in [0.2, 0.25) is 0 Å². The van der Waals surface area contributed by atoms with Crippen LogP contribution in [0.15, 0.2) is 12.4 Å². The maximum Gasteiger partial charge on any atom is 0.340 e. The highest BCUT2D eigenvalue weighted by Gasteiger charge is 2.18. The number of anilines is 1. The predicted octanol–water partition coefficient (Wildman–Crippen LogP) is -0.111. The van der Waals surface area contributed by atoms with Crippen molar-refractivity contribution in [1.82, 2.24) is 0 Å². The molecule has 1 rings (SSSR count). The van der Waals surface area contributed by atoms with Gasteiger partial charge in [0.05, 0.1) is 12.7 Å². The van der Waals surface area contributed by atoms with Crippen LogP contribution in [-0.2, 0) is 4.74 Å². The summed E-state index contributed by atoms with van der Waals surface area (Å²) in [5.74, 6) is -0.504. The van der Waals surface area contributed by atoms with Gasteiger partial charge < -0.3 is 10.5 Å². The van der Waals surface area contributed by atoms with Gasteiger partial charge in [-0.05, 0) is 6.92 Å². The van der Waals surface area contributed by atoms with Crippen molar-refractivity contribution < 1.29 is 19.5 Å². The lowest BCUT2D eigenvalue weighted by Crippen LogP contribution is -2.31. The minimum atomic E-state index is -0.504. The summed E-state index contributed by atoms with van der Waals surface area (Å²) < 4.78 is 5.33. The molecule has 0 unspecified atom stereocenters. The molecule has 0 aromatic carbocycles. The lowest BCUT2D eigenvalue weighted by molar-refractivity contribution is -0.904. The molecule has 0 amide bonds. The van der Waals surface area contributed by atoms with E-state index in [2.05, 4.69) is 4.74 Å². The fourth-order valence-corrected chi connectivity index (χ4v) is 1.12. The van der Waals surface area contributed by atoms with Gasteiger partial charge in [-0.3, -0.25) is 5.21 Å². The van der Waals surface area contributed by atoms with Crippen molar-refractivity contribution in [2.24, 2.45) is 0 Å². The van der Waals surface area contributed by atoms with Gasteiger partial charge in [0.1, 0.15) is 5.69 Å². The number of aromatic nitrogens is 1. The van der Waals surface area contributed by atoms with Gasteiger partial charge in [-0.15, -0.1) is 0 Å². The molecule has 0 atom stereocenters. The number of nitrogens with zero attached hydrogens (tertiary/aromatic N) is 1. The fraction of sp³-hybridized carbons (Fsp3) is 0.250. The normalized spacial score (nSPS) is 9.69. The van der Waals surface area contributed by atoms with Crippen molar-refractivity contribution in [1.29, 1.82) is 0 Å². The number of methoxy groups -OCH3 is 1. The first-order chi connectivity index (χ1) is 6.06. The van der Waals surface area contributed by atoms with Crippen LogP contribution < -0.4 is 10.5 Å². The highest BCUT2D eigenvalue weighted by Crippen LogP contribution is 2.13. The number of rotatable bonds is 1. The highest BCUT2D eigenvalue weighted by molar-refractivity contribution is 5.95. The van der Waals surface area contributed by atoms with E-state index in [1.54, 1.807) is 6.92 Å². The summed E-state index contributed by atoms with van der Waals surface area (Å²) in [6.07, 6.45) is 2.61. The van der Waals surface area contributed by atoms with Gasteiger partial charge in [-0.2, -0.15) is 0 Å². The summed E-state index contributed by atoms with van der Waals surface area (Å²) in [6.45, 7) is 1.66. The van der Waals surface area contributed by atoms with E-state index >= 15 is 0 Å². The van der Waals surface area contributed by atoms with Gasteiger partial charge in [-0.1, -0.05) is 0 Å². The number of nitrogen functional groups attached to an aromatic ring is 1. The Morgan fingerprint density at radius 3 is 2.69 bits per heavy atom. The van der Waals surface area contributed by atoms with E-state index in [1.165, 1.54) is 19.5 Å². The molecule has 0 spiro atoms. The maximum atomic E-state index is 11.2. The number of ether oxygens (including phenoxy) is 1. The van der Waals surface area contributed by atoms with E-state index in [0.717, 1.165) is 4.73 Å². The molecular formula is C8H11N2O3+. The summed E-state index contributed by atoms with van der Waals surface area (Å²) in [5, 5.41) is 9.06. The zero-order chi connectivity index (χ0) is 10.0. The molecule has 1 aromatic heterocycles. The van der Waals surface area contributed by atoms with E-state index in [0.29, 0.717) is 5.56 Å². The molecule has 0 saturated carbocycles. The quantitative estimate of drug-likeness (QED) is 0.362. The number of hydrogen-bond donors (Lipinski definition) is 2. The summed E-state index contributed by atoms with van der Waals surface area (Å²) >= 11 is 0. The van der Waals surface area contributed by atoms with Crippen LogP contribution in [0.5, 0.6) is 0 Å². The molecule has 0 fully saturated rings. The fourth-order valence-electron chi connectivity index (χ4n) is 1.12. The Balaban J connectivity index is 3.28. The Morgan fingerprint density at radius 2 is 2.23 bits per heavy atom. The van der Waals surface area contributed by atoms with Crippen molar-refractivity contribution in [3.8, 4) is 0 Å². The van der Waals surface area contributed by atoms with Gasteiger partial charge in [0.2, 0.25) is 12.4 Å². The Morgan fingerprint density at radius 1 is 1.62 bits per heavy atom. The van der Waals surface area contributed by atoms with Crippen LogP contribution in [0.4, 0.5) is 5.69 Å². The van der Waals surface area contributed by atoms with Crippen molar-refractivity contribution in [3.05, 3.63) is 23.5 Å². The van der Waals surface area contributed by atoms with Crippen LogP contribution in [-0.4, -0.2) is 18.3 Å². The molecular weight excluding hydrogens is 172 g/mol. The average molecular weight is 183 g/mol. The Bertz CT molecular complexity index is 326. The molecule has 0 aliphatic heterocycles. The maximum absolute atomic E-state index is 11.2. The van der Waals surface area contributed by atoms with Crippen molar-refractivity contribution >= 4 is 11.7 Å². The second-order valence-electron chi connectivity index (χ2n) is 2.64. The zero-order valence-corrected chi connectivity index (χ0v) is 7.44. The third-order valence-electron chi connectivity index (χ3n) is 1.67. The number of esters is 1. The van der Waals surface area contributed by atoms with Crippen LogP contribution >= 0.6 is 0 Å². The molecule has 0 aliphatic rings. The minimum Gasteiger partial charge on any atom is -0.465 e. The number of hydrogen-bond acceptors (Lipinski definition) is 4. The van der Waals surface area contributed by atoms with Gasteiger partial charge in [0.25, 0.3) is 0 Å². The summed E-state index contributed by atoms with van der Waals surface area (Å²) in [4.78, 5) is 11.2. The first kappa shape index (κ1) is 9.31. The van der Waals surface area contributed by atoms with Crippen LogP contribution in [0, 0.1) is 6.92 Å². The second-order valence-corrected chi connectivity index (χ2v) is 2.64. The average Bonchev–Trinajstić information content (AvgIpc) is 2.02. The Kier molecular flexibility index (Phi) is 2.36. The second kappa shape index (κ2) is 3.30. The molecule has 5 nitrogen and oxygen atoms in total. The lowest BCUT2D eigenvalue weighted by Gasteiger charge is -2.03. The first-order valence-corrected chi connectivity index (χ1v) is 3.65. The molecule has 1 aromatic rings. The predicted molar refractivity (Wildman–Crippen MR) is 44.3 cm³/mol. The van der Waals surface area contributed by atoms with Crippen LogP contribution in [0.1, 0.15) is 15.9 Å². The Hall–Kier alpha value is -1.78. The first-order valence-electron chi connectivity index (χ1n) is 3.65. The van der Waals surface area contributed by atoms with Gasteiger partial charge >= 0.3 is 5.97 Å². The van der Waals surface area contributed by atoms with E-state index in [4.69, 9.17) is 10.9 Å². The molecule has 5 heteroatoms. The molecule has 3 N–H and O–H groups in total. The van der Waals surface area contributed by atoms with E-state index in [1.807, 2.05) is 0 Å². The lowest BCUT2D eigenvalue weighted by atomic mass is 10.1. The van der Waals surface area contributed by atoms with Gasteiger partial charge in [0.15, 0.2) is 0 Å². The van der Waals surface area contributed by atoms with Crippen molar-refractivity contribution in [2.75, 3.05) is 12.8 Å². The number of pyridine rings is 1. The molecule has 0 saturated heterocycles. The largest absolute Gasteiger partial charge is 0.465 e. The molecule has 0 bridgehead atoms. The molecule has 70 valence electrons. The van der Waals surface area contributed by atoms with Gasteiger partial charge in [-0.25, -0.2) is 4.79 Å². The SMILES string of the molecule is COC(=O)c1c(C)c[n+](O)cc1N. The molecule has 1 heterocycles. The molecule has 13 heavy (non-hydrogen) atoms. The highest BCUT2D eigenvalue weighted by atomic mass is 16.5. The number of carbonyl (C=O) groups excluding carboxylic acids is 1. The van der Waals surface area contributed by atoms with Crippen molar-refractivity contribution in [2.45, 2.75) is 6.92 Å². The summed E-state index contributed by atoms with van der Waals surface area (Å²) in [7, 11) is 1.28. The minimum absolute atomic E-state index is 0.189. The number of aryl methyl sites for hydroxylation is 1. The summed E-state index contributed by atoms with van der Waals surface area (Å²) in [6, 6.07) is 0. The van der Waals surface area contributed by atoms with Gasteiger partial charge in [0, 0.05) is 10.3 Å². The smallest absolute Gasteiger partial charge is 0.340 e. The van der Waals surface area contributed by atoms with E-state index in [-0.39, 0.29) is 11.3 Å². The number of carbonyl (C=O) groups is 1. The topological polar surface area (TPSA) is 76.4 Å². The van der Waals surface area contributed by atoms with Crippen LogP contribution in [0.3, 0.4) is 0 Å². The summed E-state index contributed by atoms with van der Waals surface area (Å²) in [5.41, 5.74) is 6.56.